The van der Waals surface area contributed by atoms with Crippen LogP contribution in [0.3, 0.4) is 0 Å². The minimum absolute atomic E-state index is 0.142. The van der Waals surface area contributed by atoms with Crippen molar-refractivity contribution in [3.63, 3.8) is 0 Å². The molecule has 1 aliphatic heterocycles. The van der Waals surface area contributed by atoms with Crippen LogP contribution in [0.5, 0.6) is 0 Å². The Balaban J connectivity index is 2.28. The van der Waals surface area contributed by atoms with Crippen LogP contribution >= 0.6 is 0 Å². The van der Waals surface area contributed by atoms with Crippen molar-refractivity contribution in [1.29, 1.82) is 0 Å². The van der Waals surface area contributed by atoms with Gasteiger partial charge in [-0.2, -0.15) is 0 Å². The molecule has 0 saturated carbocycles. The van der Waals surface area contributed by atoms with Crippen molar-refractivity contribution in [2.45, 2.75) is 70.6 Å². The second-order valence-electron chi connectivity index (χ2n) is 6.38. The maximum atomic E-state index is 11.8. The molecule has 6 heteroatoms. The van der Waals surface area contributed by atoms with Crippen LogP contribution in [0.15, 0.2) is 0 Å². The van der Waals surface area contributed by atoms with Crippen molar-refractivity contribution in [1.82, 2.24) is 5.32 Å². The van der Waals surface area contributed by atoms with Crippen LogP contribution in [0.25, 0.3) is 0 Å². The number of hydrogen-bond donors (Lipinski definition) is 2. The Labute approximate surface area is 126 Å². The highest BCUT2D eigenvalue weighted by atomic mass is 16.5. The Morgan fingerprint density at radius 1 is 1.43 bits per heavy atom. The number of carboxylic acid groups (broad SMARTS) is 1. The lowest BCUT2D eigenvalue weighted by Crippen LogP contribution is -2.42. The molecular weight excluding hydrogens is 274 g/mol. The van der Waals surface area contributed by atoms with E-state index in [4.69, 9.17) is 14.6 Å². The molecule has 0 radical (unpaired) electrons. The van der Waals surface area contributed by atoms with Crippen molar-refractivity contribution in [2.75, 3.05) is 13.2 Å². The zero-order valence-corrected chi connectivity index (χ0v) is 13.2. The summed E-state index contributed by atoms with van der Waals surface area (Å²) in [6.07, 6.45) is 3.37. The van der Waals surface area contributed by atoms with E-state index in [2.05, 4.69) is 5.32 Å². The average molecular weight is 301 g/mol. The molecule has 2 unspecified atom stereocenters. The van der Waals surface area contributed by atoms with Gasteiger partial charge in [-0.15, -0.1) is 0 Å². The van der Waals surface area contributed by atoms with Crippen LogP contribution < -0.4 is 5.32 Å². The Kier molecular flexibility index (Phi) is 7.11. The van der Waals surface area contributed by atoms with E-state index in [0.29, 0.717) is 19.4 Å². The van der Waals surface area contributed by atoms with Gasteiger partial charge in [-0.1, -0.05) is 0 Å². The number of rotatable bonds is 8. The fourth-order valence-electron chi connectivity index (χ4n) is 2.17. The molecule has 0 aromatic heterocycles. The SMILES string of the molecule is CC(C)(C)OCCC(NC(=O)CCC1CCCO1)C(=O)O. The van der Waals surface area contributed by atoms with Crippen molar-refractivity contribution in [3.8, 4) is 0 Å². The second-order valence-corrected chi connectivity index (χ2v) is 6.38. The number of carboxylic acids is 1. The summed E-state index contributed by atoms with van der Waals surface area (Å²) in [5, 5.41) is 11.7. The summed E-state index contributed by atoms with van der Waals surface area (Å²) in [4.78, 5) is 23.0. The zero-order valence-electron chi connectivity index (χ0n) is 13.2. The van der Waals surface area contributed by atoms with Gasteiger partial charge in [0.15, 0.2) is 0 Å². The molecule has 1 amide bonds. The fourth-order valence-corrected chi connectivity index (χ4v) is 2.17. The lowest BCUT2D eigenvalue weighted by Gasteiger charge is -2.21. The van der Waals surface area contributed by atoms with E-state index in [0.717, 1.165) is 19.4 Å². The van der Waals surface area contributed by atoms with E-state index in [9.17, 15) is 9.59 Å². The third kappa shape index (κ3) is 8.02. The number of hydrogen-bond acceptors (Lipinski definition) is 4. The molecule has 1 fully saturated rings. The molecule has 21 heavy (non-hydrogen) atoms. The lowest BCUT2D eigenvalue weighted by atomic mass is 10.1. The van der Waals surface area contributed by atoms with E-state index in [1.165, 1.54) is 0 Å². The van der Waals surface area contributed by atoms with E-state index >= 15 is 0 Å². The Bertz CT molecular complexity index is 344. The molecule has 2 N–H and O–H groups in total. The van der Waals surface area contributed by atoms with Gasteiger partial charge >= 0.3 is 5.97 Å². The minimum atomic E-state index is -1.03. The normalized spacial score (nSPS) is 20.2. The number of carbonyl (C=O) groups is 2. The van der Waals surface area contributed by atoms with Crippen molar-refractivity contribution in [2.24, 2.45) is 0 Å². The minimum Gasteiger partial charge on any atom is -0.480 e. The fraction of sp³-hybridized carbons (Fsp3) is 0.867. The van der Waals surface area contributed by atoms with E-state index in [1.807, 2.05) is 20.8 Å². The second kappa shape index (κ2) is 8.34. The van der Waals surface area contributed by atoms with Crippen LogP contribution in [-0.4, -0.2) is 47.9 Å². The van der Waals surface area contributed by atoms with Crippen molar-refractivity contribution < 1.29 is 24.2 Å². The molecule has 0 aliphatic carbocycles. The van der Waals surface area contributed by atoms with Gasteiger partial charge in [0, 0.05) is 26.1 Å². The third-order valence-electron chi connectivity index (χ3n) is 3.29. The molecule has 1 saturated heterocycles. The summed E-state index contributed by atoms with van der Waals surface area (Å²) in [5.41, 5.74) is -0.313. The van der Waals surface area contributed by atoms with Gasteiger partial charge in [0.1, 0.15) is 6.04 Å². The van der Waals surface area contributed by atoms with Crippen molar-refractivity contribution >= 4 is 11.9 Å². The summed E-state index contributed by atoms with van der Waals surface area (Å²) in [7, 11) is 0. The van der Waals surface area contributed by atoms with Crippen LogP contribution in [-0.2, 0) is 19.1 Å². The first kappa shape index (κ1) is 17.9. The quantitative estimate of drug-likeness (QED) is 0.713. The Morgan fingerprint density at radius 2 is 2.14 bits per heavy atom. The van der Waals surface area contributed by atoms with Gasteiger partial charge in [0.25, 0.3) is 0 Å². The molecule has 1 heterocycles. The summed E-state index contributed by atoms with van der Waals surface area (Å²) < 4.78 is 10.9. The van der Waals surface area contributed by atoms with Gasteiger partial charge < -0.3 is 19.9 Å². The summed E-state index contributed by atoms with van der Waals surface area (Å²) in [6, 6.07) is -0.899. The largest absolute Gasteiger partial charge is 0.480 e. The summed E-state index contributed by atoms with van der Waals surface area (Å²) >= 11 is 0. The van der Waals surface area contributed by atoms with Gasteiger partial charge in [-0.25, -0.2) is 4.79 Å². The van der Waals surface area contributed by atoms with Gasteiger partial charge in [-0.05, 0) is 40.0 Å². The molecule has 122 valence electrons. The van der Waals surface area contributed by atoms with E-state index < -0.39 is 12.0 Å². The van der Waals surface area contributed by atoms with Gasteiger partial charge in [0.05, 0.1) is 11.7 Å². The first-order chi connectivity index (χ1) is 9.78. The highest BCUT2D eigenvalue weighted by Gasteiger charge is 2.22. The first-order valence-electron chi connectivity index (χ1n) is 7.55. The van der Waals surface area contributed by atoms with Crippen LogP contribution in [0.4, 0.5) is 0 Å². The number of ether oxygens (including phenoxy) is 2. The number of amides is 1. The molecule has 0 spiro atoms. The standard InChI is InChI=1S/C15H27NO5/c1-15(2,3)21-10-8-12(14(18)19)16-13(17)7-6-11-5-4-9-20-11/h11-12H,4-10H2,1-3H3,(H,16,17)(H,18,19). The third-order valence-corrected chi connectivity index (χ3v) is 3.29. The van der Waals surface area contributed by atoms with Gasteiger partial charge in [0.2, 0.25) is 5.91 Å². The van der Waals surface area contributed by atoms with Crippen LogP contribution in [0.1, 0.15) is 52.9 Å². The molecule has 0 aromatic carbocycles. The Hall–Kier alpha value is -1.14. The maximum absolute atomic E-state index is 11.8. The van der Waals surface area contributed by atoms with Gasteiger partial charge in [-0.3, -0.25) is 4.79 Å². The predicted octanol–water partition coefficient (Wildman–Crippen LogP) is 1.72. The highest BCUT2D eigenvalue weighted by Crippen LogP contribution is 2.16. The zero-order chi connectivity index (χ0) is 15.9. The molecule has 1 rings (SSSR count). The highest BCUT2D eigenvalue weighted by molar-refractivity contribution is 5.83. The van der Waals surface area contributed by atoms with Crippen molar-refractivity contribution in [3.05, 3.63) is 0 Å². The van der Waals surface area contributed by atoms with E-state index in [-0.39, 0.29) is 24.0 Å². The topological polar surface area (TPSA) is 84.9 Å². The molecule has 2 atom stereocenters. The maximum Gasteiger partial charge on any atom is 0.326 e. The molecule has 1 aliphatic rings. The molecule has 6 nitrogen and oxygen atoms in total. The first-order valence-corrected chi connectivity index (χ1v) is 7.55. The number of aliphatic carboxylic acids is 1. The summed E-state index contributed by atoms with van der Waals surface area (Å²) in [5.74, 6) is -1.27. The number of carbonyl (C=O) groups excluding carboxylic acids is 1. The smallest absolute Gasteiger partial charge is 0.326 e. The summed E-state index contributed by atoms with van der Waals surface area (Å²) in [6.45, 7) is 6.77. The van der Waals surface area contributed by atoms with Crippen LogP contribution in [0.2, 0.25) is 0 Å². The average Bonchev–Trinajstić information content (AvgIpc) is 2.86. The lowest BCUT2D eigenvalue weighted by molar-refractivity contribution is -0.142. The Morgan fingerprint density at radius 3 is 2.67 bits per heavy atom. The molecular formula is C15H27NO5. The molecule has 0 aromatic rings. The van der Waals surface area contributed by atoms with Crippen LogP contribution in [0, 0.1) is 0 Å². The predicted molar refractivity (Wildman–Crippen MR) is 78.1 cm³/mol. The number of nitrogens with one attached hydrogen (secondary N) is 1. The molecule has 0 bridgehead atoms. The monoisotopic (exact) mass is 301 g/mol. The van der Waals surface area contributed by atoms with E-state index in [1.54, 1.807) is 0 Å².